The summed E-state index contributed by atoms with van der Waals surface area (Å²) >= 11 is 0. The molecule has 1 rings (SSSR count). The number of hydrogen-bond donors (Lipinski definition) is 2. The number of amides is 1. The van der Waals surface area contributed by atoms with Crippen molar-refractivity contribution in [2.45, 2.75) is 57.6 Å². The Hall–Kier alpha value is -0.850. The van der Waals surface area contributed by atoms with Crippen LogP contribution in [0.2, 0.25) is 0 Å². The van der Waals surface area contributed by atoms with E-state index in [2.05, 4.69) is 11.8 Å². The fourth-order valence-corrected chi connectivity index (χ4v) is 3.01. The van der Waals surface area contributed by atoms with Crippen molar-refractivity contribution in [3.05, 3.63) is 0 Å². The number of unbranched alkanes of at least 4 members (excludes halogenated alkanes) is 1. The summed E-state index contributed by atoms with van der Waals surface area (Å²) in [6.07, 6.45) is 5.27. The van der Waals surface area contributed by atoms with Gasteiger partial charge in [-0.3, -0.25) is 0 Å². The lowest BCUT2D eigenvalue weighted by atomic mass is 9.92. The van der Waals surface area contributed by atoms with E-state index in [0.29, 0.717) is 0 Å². The van der Waals surface area contributed by atoms with Crippen LogP contribution in [0.3, 0.4) is 0 Å². The molecule has 0 saturated heterocycles. The minimum atomic E-state index is -0.840. The Morgan fingerprint density at radius 3 is 2.41 bits per heavy atom. The molecule has 1 fully saturated rings. The van der Waals surface area contributed by atoms with Crippen molar-refractivity contribution in [2.75, 3.05) is 39.9 Å². The molecule has 0 aromatic heterocycles. The highest BCUT2D eigenvalue weighted by molar-refractivity contribution is 5.64. The van der Waals surface area contributed by atoms with Gasteiger partial charge in [-0.05, 0) is 51.6 Å². The molecule has 22 heavy (non-hydrogen) atoms. The van der Waals surface area contributed by atoms with Crippen molar-refractivity contribution >= 4 is 6.09 Å². The van der Waals surface area contributed by atoms with E-state index in [0.717, 1.165) is 64.8 Å². The number of aliphatic hydroxyl groups excluding tert-OH is 1. The molecule has 0 unspecified atom stereocenters. The fraction of sp³-hybridized carbons (Fsp3) is 0.938. The first kappa shape index (κ1) is 19.2. The molecule has 0 heterocycles. The predicted molar refractivity (Wildman–Crippen MR) is 86.2 cm³/mol. The molecule has 1 saturated carbocycles. The van der Waals surface area contributed by atoms with E-state index < -0.39 is 6.09 Å². The monoisotopic (exact) mass is 316 g/mol. The molecule has 1 aliphatic carbocycles. The minimum absolute atomic E-state index is 0.147. The molecule has 0 aromatic rings. The van der Waals surface area contributed by atoms with Crippen molar-refractivity contribution in [1.82, 2.24) is 9.80 Å². The first-order valence-corrected chi connectivity index (χ1v) is 8.49. The Kier molecular flexibility index (Phi) is 9.43. The van der Waals surface area contributed by atoms with Gasteiger partial charge in [-0.1, -0.05) is 6.92 Å². The van der Waals surface area contributed by atoms with Crippen LogP contribution in [0.1, 0.15) is 45.4 Å². The summed E-state index contributed by atoms with van der Waals surface area (Å²) < 4.78 is 5.91. The largest absolute Gasteiger partial charge is 0.465 e. The summed E-state index contributed by atoms with van der Waals surface area (Å²) in [5.74, 6) is 0. The topological polar surface area (TPSA) is 73.2 Å². The van der Waals surface area contributed by atoms with Crippen LogP contribution < -0.4 is 0 Å². The molecule has 0 spiro atoms. The van der Waals surface area contributed by atoms with Crippen LogP contribution in [-0.2, 0) is 4.74 Å². The molecule has 6 nitrogen and oxygen atoms in total. The van der Waals surface area contributed by atoms with Gasteiger partial charge in [0, 0.05) is 26.2 Å². The first-order valence-electron chi connectivity index (χ1n) is 8.49. The highest BCUT2D eigenvalue weighted by Gasteiger charge is 2.26. The summed E-state index contributed by atoms with van der Waals surface area (Å²) in [6.45, 7) is 5.84. The van der Waals surface area contributed by atoms with Crippen LogP contribution in [0.15, 0.2) is 0 Å². The molecule has 2 N–H and O–H groups in total. The van der Waals surface area contributed by atoms with Crippen LogP contribution in [0.4, 0.5) is 4.79 Å². The summed E-state index contributed by atoms with van der Waals surface area (Å²) in [7, 11) is 1.65. The average molecular weight is 316 g/mol. The number of nitrogens with zero attached hydrogens (tertiary/aromatic N) is 2. The van der Waals surface area contributed by atoms with Gasteiger partial charge in [0.1, 0.15) is 0 Å². The number of aliphatic hydroxyl groups is 1. The fourth-order valence-electron chi connectivity index (χ4n) is 3.01. The van der Waals surface area contributed by atoms with E-state index >= 15 is 0 Å². The van der Waals surface area contributed by atoms with Gasteiger partial charge in [0.2, 0.25) is 0 Å². The number of ether oxygens (including phenoxy) is 1. The van der Waals surface area contributed by atoms with Gasteiger partial charge >= 0.3 is 6.09 Å². The van der Waals surface area contributed by atoms with Crippen molar-refractivity contribution in [3.8, 4) is 0 Å². The van der Waals surface area contributed by atoms with E-state index in [1.165, 1.54) is 4.90 Å². The number of rotatable bonds is 10. The van der Waals surface area contributed by atoms with E-state index in [4.69, 9.17) is 14.9 Å². The summed E-state index contributed by atoms with van der Waals surface area (Å²) in [5.41, 5.74) is 0. The Balaban J connectivity index is 2.06. The summed E-state index contributed by atoms with van der Waals surface area (Å²) in [5, 5.41) is 17.9. The van der Waals surface area contributed by atoms with E-state index in [1.807, 2.05) is 0 Å². The second-order valence-electron chi connectivity index (χ2n) is 6.06. The summed E-state index contributed by atoms with van der Waals surface area (Å²) in [4.78, 5) is 14.6. The van der Waals surface area contributed by atoms with Crippen LogP contribution in [0.25, 0.3) is 0 Å². The maximum Gasteiger partial charge on any atom is 0.407 e. The molecule has 130 valence electrons. The molecule has 0 aliphatic heterocycles. The SMILES string of the molecule is CCN(CCO)CCCCO[C@H]1CC[C@H](N(C)C(=O)O)CC1. The van der Waals surface area contributed by atoms with Gasteiger partial charge < -0.3 is 24.7 Å². The van der Waals surface area contributed by atoms with Gasteiger partial charge in [0.25, 0.3) is 0 Å². The second kappa shape index (κ2) is 10.8. The van der Waals surface area contributed by atoms with Crippen LogP contribution in [0.5, 0.6) is 0 Å². The zero-order chi connectivity index (χ0) is 16.4. The van der Waals surface area contributed by atoms with Gasteiger partial charge in [-0.2, -0.15) is 0 Å². The number of carbonyl (C=O) groups is 1. The van der Waals surface area contributed by atoms with Gasteiger partial charge in [0.05, 0.1) is 12.7 Å². The van der Waals surface area contributed by atoms with Crippen LogP contribution >= 0.6 is 0 Å². The lowest BCUT2D eigenvalue weighted by Gasteiger charge is -2.33. The van der Waals surface area contributed by atoms with E-state index in [-0.39, 0.29) is 18.8 Å². The third-order valence-electron chi connectivity index (χ3n) is 4.58. The lowest BCUT2D eigenvalue weighted by molar-refractivity contribution is 0.00939. The molecule has 1 amide bonds. The maximum atomic E-state index is 10.9. The van der Waals surface area contributed by atoms with Gasteiger partial charge in [-0.25, -0.2) is 4.79 Å². The van der Waals surface area contributed by atoms with Crippen molar-refractivity contribution in [3.63, 3.8) is 0 Å². The normalized spacial score (nSPS) is 22.0. The molecule has 0 atom stereocenters. The quantitative estimate of drug-likeness (QED) is 0.603. The molecular weight excluding hydrogens is 284 g/mol. The second-order valence-corrected chi connectivity index (χ2v) is 6.06. The highest BCUT2D eigenvalue weighted by atomic mass is 16.5. The zero-order valence-corrected chi connectivity index (χ0v) is 14.0. The molecule has 0 aromatic carbocycles. The molecular formula is C16H32N2O4. The average Bonchev–Trinajstić information content (AvgIpc) is 2.53. The Bertz CT molecular complexity index is 307. The Morgan fingerprint density at radius 2 is 1.86 bits per heavy atom. The highest BCUT2D eigenvalue weighted by Crippen LogP contribution is 2.24. The zero-order valence-electron chi connectivity index (χ0n) is 14.0. The van der Waals surface area contributed by atoms with Crippen molar-refractivity contribution in [1.29, 1.82) is 0 Å². The van der Waals surface area contributed by atoms with Crippen molar-refractivity contribution in [2.24, 2.45) is 0 Å². The number of likely N-dealkylation sites (N-methyl/N-ethyl adjacent to an activating group) is 1. The van der Waals surface area contributed by atoms with Crippen LogP contribution in [0, 0.1) is 0 Å². The molecule has 6 heteroatoms. The lowest BCUT2D eigenvalue weighted by Crippen LogP contribution is -2.40. The third kappa shape index (κ3) is 6.94. The number of hydrogen-bond acceptors (Lipinski definition) is 4. The Labute approximate surface area is 134 Å². The number of carboxylic acid groups (broad SMARTS) is 1. The van der Waals surface area contributed by atoms with E-state index in [1.54, 1.807) is 7.05 Å². The Morgan fingerprint density at radius 1 is 1.18 bits per heavy atom. The van der Waals surface area contributed by atoms with E-state index in [9.17, 15) is 4.79 Å². The molecule has 0 radical (unpaired) electrons. The standard InChI is InChI=1S/C16H32N2O4/c1-3-18(11-12-19)10-4-5-13-22-15-8-6-14(7-9-15)17(2)16(20)21/h14-15,19H,3-13H2,1-2H3,(H,20,21)/t14-,15-. The summed E-state index contributed by atoms with van der Waals surface area (Å²) in [6, 6.07) is 0.147. The predicted octanol–water partition coefficient (Wildman–Crippen LogP) is 2.02. The molecule has 1 aliphatic rings. The third-order valence-corrected chi connectivity index (χ3v) is 4.58. The first-order chi connectivity index (χ1) is 10.6. The minimum Gasteiger partial charge on any atom is -0.465 e. The van der Waals surface area contributed by atoms with Gasteiger partial charge in [0.15, 0.2) is 0 Å². The van der Waals surface area contributed by atoms with Crippen molar-refractivity contribution < 1.29 is 19.7 Å². The van der Waals surface area contributed by atoms with Gasteiger partial charge in [-0.15, -0.1) is 0 Å². The molecule has 0 bridgehead atoms. The maximum absolute atomic E-state index is 10.9. The smallest absolute Gasteiger partial charge is 0.407 e. The van der Waals surface area contributed by atoms with Crippen LogP contribution in [-0.4, -0.2) is 78.1 Å².